The van der Waals surface area contributed by atoms with Crippen LogP contribution in [0.2, 0.25) is 0 Å². The highest BCUT2D eigenvalue weighted by Crippen LogP contribution is 2.19. The Morgan fingerprint density at radius 2 is 1.70 bits per heavy atom. The molecule has 23 heavy (non-hydrogen) atoms. The molecule has 134 valence electrons. The van der Waals surface area contributed by atoms with Crippen molar-refractivity contribution in [3.05, 3.63) is 24.0 Å². The first kappa shape index (κ1) is 22.3. The summed E-state index contributed by atoms with van der Waals surface area (Å²) in [5.41, 5.74) is 5.33. The molecule has 0 fully saturated rings. The molecule has 6 nitrogen and oxygen atoms in total. The van der Waals surface area contributed by atoms with Gasteiger partial charge in [0, 0.05) is 18.3 Å². The van der Waals surface area contributed by atoms with Gasteiger partial charge in [0.25, 0.3) is 0 Å². The van der Waals surface area contributed by atoms with Gasteiger partial charge in [0.15, 0.2) is 9.84 Å². The zero-order chi connectivity index (χ0) is 17.2. The molecule has 0 spiro atoms. The number of halogens is 2. The number of benzene rings is 1. The SMILES string of the molecule is CCC(N)(CC)CNS(=O)(=O)c1ccc(S(C)(=O)=O)c(F)c1.Cl. The Morgan fingerprint density at radius 3 is 2.09 bits per heavy atom. The van der Waals surface area contributed by atoms with Crippen molar-refractivity contribution in [2.24, 2.45) is 5.73 Å². The van der Waals surface area contributed by atoms with E-state index in [1.807, 2.05) is 13.8 Å². The second-order valence-corrected chi connectivity index (χ2v) is 9.01. The van der Waals surface area contributed by atoms with E-state index in [9.17, 15) is 21.2 Å². The fraction of sp³-hybridized carbons (Fsp3) is 0.538. The van der Waals surface area contributed by atoms with E-state index in [0.717, 1.165) is 18.4 Å². The molecule has 0 aliphatic heterocycles. The smallest absolute Gasteiger partial charge is 0.240 e. The second kappa shape index (κ2) is 7.89. The molecular formula is C13H22ClFN2O4S2. The van der Waals surface area contributed by atoms with Crippen LogP contribution in [0.4, 0.5) is 4.39 Å². The van der Waals surface area contributed by atoms with Crippen LogP contribution in [-0.4, -0.2) is 35.2 Å². The van der Waals surface area contributed by atoms with Crippen LogP contribution in [0.25, 0.3) is 0 Å². The first-order chi connectivity index (χ1) is 9.95. The van der Waals surface area contributed by atoms with Gasteiger partial charge in [0.1, 0.15) is 10.7 Å². The fourth-order valence-corrected chi connectivity index (χ4v) is 3.65. The van der Waals surface area contributed by atoms with Gasteiger partial charge in [0.2, 0.25) is 10.0 Å². The van der Waals surface area contributed by atoms with Gasteiger partial charge in [-0.3, -0.25) is 0 Å². The maximum Gasteiger partial charge on any atom is 0.240 e. The molecule has 0 radical (unpaired) electrons. The lowest BCUT2D eigenvalue weighted by molar-refractivity contribution is 0.391. The molecule has 0 aliphatic rings. The highest BCUT2D eigenvalue weighted by molar-refractivity contribution is 7.90. The maximum absolute atomic E-state index is 13.8. The Bertz CT molecular complexity index is 747. The van der Waals surface area contributed by atoms with Crippen LogP contribution >= 0.6 is 12.4 Å². The molecule has 1 rings (SSSR count). The Hall–Kier alpha value is -0.740. The van der Waals surface area contributed by atoms with E-state index in [-0.39, 0.29) is 23.8 Å². The van der Waals surface area contributed by atoms with E-state index in [2.05, 4.69) is 4.72 Å². The van der Waals surface area contributed by atoms with Crippen LogP contribution < -0.4 is 10.5 Å². The normalized spacial score (nSPS) is 12.7. The van der Waals surface area contributed by atoms with Crippen molar-refractivity contribution in [1.29, 1.82) is 0 Å². The summed E-state index contributed by atoms with van der Waals surface area (Å²) >= 11 is 0. The summed E-state index contributed by atoms with van der Waals surface area (Å²) in [6.45, 7) is 3.70. The Balaban J connectivity index is 0.00000484. The van der Waals surface area contributed by atoms with E-state index in [0.29, 0.717) is 18.9 Å². The minimum absolute atomic E-state index is 0. The highest BCUT2D eigenvalue weighted by Gasteiger charge is 2.25. The number of rotatable bonds is 7. The Morgan fingerprint density at radius 1 is 1.17 bits per heavy atom. The van der Waals surface area contributed by atoms with Gasteiger partial charge in [0.05, 0.1) is 4.90 Å². The van der Waals surface area contributed by atoms with Gasteiger partial charge < -0.3 is 5.73 Å². The highest BCUT2D eigenvalue weighted by atomic mass is 35.5. The lowest BCUT2D eigenvalue weighted by atomic mass is 9.95. The summed E-state index contributed by atoms with van der Waals surface area (Å²) in [5.74, 6) is -1.10. The maximum atomic E-state index is 13.8. The van der Waals surface area contributed by atoms with Crippen LogP contribution in [-0.2, 0) is 19.9 Å². The van der Waals surface area contributed by atoms with E-state index in [1.165, 1.54) is 0 Å². The number of hydrogen-bond acceptors (Lipinski definition) is 5. The lowest BCUT2D eigenvalue weighted by Gasteiger charge is -2.26. The average Bonchev–Trinajstić information content (AvgIpc) is 2.43. The number of hydrogen-bond donors (Lipinski definition) is 2. The quantitative estimate of drug-likeness (QED) is 0.735. The Labute approximate surface area is 143 Å². The summed E-state index contributed by atoms with van der Waals surface area (Å²) in [5, 5.41) is 0. The number of sulfone groups is 1. The molecule has 3 N–H and O–H groups in total. The summed E-state index contributed by atoms with van der Waals surface area (Å²) in [7, 11) is -7.71. The van der Waals surface area contributed by atoms with Crippen molar-refractivity contribution >= 4 is 32.3 Å². The van der Waals surface area contributed by atoms with Crippen LogP contribution in [0.15, 0.2) is 28.0 Å². The molecule has 10 heteroatoms. The molecule has 0 saturated carbocycles. The molecule has 0 amide bonds. The van der Waals surface area contributed by atoms with Gasteiger partial charge in [-0.25, -0.2) is 25.9 Å². The monoisotopic (exact) mass is 388 g/mol. The van der Waals surface area contributed by atoms with Gasteiger partial charge >= 0.3 is 0 Å². The lowest BCUT2D eigenvalue weighted by Crippen LogP contribution is -2.49. The first-order valence-corrected chi connectivity index (χ1v) is 10.1. The van der Waals surface area contributed by atoms with E-state index in [4.69, 9.17) is 5.73 Å². The standard InChI is InChI=1S/C13H21FN2O4S2.ClH/c1-4-13(15,5-2)9-16-22(19,20)10-6-7-12(11(14)8-10)21(3,17)18;/h6-8,16H,4-5,9,15H2,1-3H3;1H. The zero-order valence-corrected chi connectivity index (χ0v) is 15.6. The summed E-state index contributed by atoms with van der Waals surface area (Å²) in [6, 6.07) is 2.68. The summed E-state index contributed by atoms with van der Waals surface area (Å²) in [6.07, 6.45) is 2.00. The fourth-order valence-electron chi connectivity index (χ4n) is 1.77. The number of nitrogens with two attached hydrogens (primary N) is 1. The third kappa shape index (κ3) is 5.68. The zero-order valence-electron chi connectivity index (χ0n) is 13.2. The van der Waals surface area contributed by atoms with Gasteiger partial charge in [-0.1, -0.05) is 13.8 Å². The molecule has 1 aromatic rings. The number of nitrogens with one attached hydrogen (secondary N) is 1. The Kier molecular flexibility index (Phi) is 7.63. The van der Waals surface area contributed by atoms with Crippen molar-refractivity contribution < 1.29 is 21.2 Å². The third-order valence-corrected chi connectivity index (χ3v) is 6.16. The van der Waals surface area contributed by atoms with Gasteiger partial charge in [-0.05, 0) is 31.0 Å². The average molecular weight is 389 g/mol. The second-order valence-electron chi connectivity index (χ2n) is 5.26. The minimum atomic E-state index is -3.96. The molecule has 0 heterocycles. The van der Waals surface area contributed by atoms with Crippen LogP contribution in [0, 0.1) is 5.82 Å². The van der Waals surface area contributed by atoms with Gasteiger partial charge in [-0.15, -0.1) is 12.4 Å². The minimum Gasteiger partial charge on any atom is -0.324 e. The van der Waals surface area contributed by atoms with E-state index < -0.39 is 36.1 Å². The predicted octanol–water partition coefficient (Wildman–Crippen LogP) is 1.45. The molecule has 0 aliphatic carbocycles. The molecule has 0 aromatic heterocycles. The predicted molar refractivity (Wildman–Crippen MR) is 89.4 cm³/mol. The molecule has 0 unspecified atom stereocenters. The molecule has 1 aromatic carbocycles. The molecule has 0 saturated heterocycles. The van der Waals surface area contributed by atoms with Crippen LogP contribution in [0.1, 0.15) is 26.7 Å². The topological polar surface area (TPSA) is 106 Å². The van der Waals surface area contributed by atoms with Crippen LogP contribution in [0.3, 0.4) is 0 Å². The molecule has 0 bridgehead atoms. The summed E-state index contributed by atoms with van der Waals surface area (Å²) in [4.78, 5) is -0.881. The summed E-state index contributed by atoms with van der Waals surface area (Å²) < 4.78 is 63.1. The van der Waals surface area contributed by atoms with Gasteiger partial charge in [-0.2, -0.15) is 0 Å². The third-order valence-electron chi connectivity index (χ3n) is 3.64. The van der Waals surface area contributed by atoms with Crippen molar-refractivity contribution in [1.82, 2.24) is 4.72 Å². The molecule has 0 atom stereocenters. The van der Waals surface area contributed by atoms with Crippen molar-refractivity contribution in [3.63, 3.8) is 0 Å². The van der Waals surface area contributed by atoms with E-state index in [1.54, 1.807) is 0 Å². The van der Waals surface area contributed by atoms with Crippen molar-refractivity contribution in [3.8, 4) is 0 Å². The van der Waals surface area contributed by atoms with Crippen LogP contribution in [0.5, 0.6) is 0 Å². The molecular weight excluding hydrogens is 367 g/mol. The largest absolute Gasteiger partial charge is 0.324 e. The number of sulfonamides is 1. The van der Waals surface area contributed by atoms with Crippen molar-refractivity contribution in [2.45, 2.75) is 42.0 Å². The van der Waals surface area contributed by atoms with Crippen molar-refractivity contribution in [2.75, 3.05) is 12.8 Å². The van der Waals surface area contributed by atoms with E-state index >= 15 is 0 Å². The first-order valence-electron chi connectivity index (χ1n) is 6.73.